The maximum atomic E-state index is 4.67. The predicted octanol–water partition coefficient (Wildman–Crippen LogP) is 18.9. The van der Waals surface area contributed by atoms with Crippen LogP contribution in [0, 0.1) is 6.92 Å². The van der Waals surface area contributed by atoms with Crippen LogP contribution < -0.4 is 0 Å². The van der Waals surface area contributed by atoms with Crippen LogP contribution in [-0.4, -0.2) is 9.97 Å². The summed E-state index contributed by atoms with van der Waals surface area (Å²) >= 11 is 0. The first-order valence-corrected chi connectivity index (χ1v) is 25.9. The number of aromatic nitrogens is 2. The fourth-order valence-corrected chi connectivity index (χ4v) is 8.70. The van der Waals surface area contributed by atoms with E-state index in [0.717, 1.165) is 18.7 Å². The molecule has 1 aromatic rings. The molecule has 323 valence electrons. The van der Waals surface area contributed by atoms with E-state index < -0.39 is 0 Å². The Morgan fingerprint density at radius 2 is 0.436 bits per heavy atom. The van der Waals surface area contributed by atoms with Crippen molar-refractivity contribution in [3.8, 4) is 0 Å². The number of rotatable bonds is 46. The Hall–Kier alpha value is -0.920. The molecule has 0 saturated heterocycles. The zero-order valence-electron chi connectivity index (χ0n) is 38.2. The largest absolute Gasteiger partial charge is 0.238 e. The van der Waals surface area contributed by atoms with Gasteiger partial charge in [0.25, 0.3) is 0 Å². The van der Waals surface area contributed by atoms with Crippen LogP contribution in [0.4, 0.5) is 0 Å². The van der Waals surface area contributed by atoms with Gasteiger partial charge in [0.1, 0.15) is 5.82 Å². The number of aryl methyl sites for hydroxylation is 2. The third kappa shape index (κ3) is 39.7. The Bertz CT molecular complexity index is 798. The van der Waals surface area contributed by atoms with E-state index in [0.29, 0.717) is 0 Å². The molecule has 1 heterocycles. The Morgan fingerprint density at radius 3 is 0.618 bits per heavy atom. The zero-order chi connectivity index (χ0) is 39.4. The fraction of sp³-hybridized carbons (Fsp3) is 0.906. The lowest BCUT2D eigenvalue weighted by Crippen LogP contribution is -2.01. The topological polar surface area (TPSA) is 25.8 Å². The monoisotopic (exact) mass is 766 g/mol. The van der Waals surface area contributed by atoms with Gasteiger partial charge in [-0.3, -0.25) is 0 Å². The maximum absolute atomic E-state index is 4.67. The Balaban J connectivity index is 1.83. The minimum absolute atomic E-state index is 0.727. The van der Waals surface area contributed by atoms with Gasteiger partial charge in [0.2, 0.25) is 0 Å². The Morgan fingerprint density at radius 1 is 0.273 bits per heavy atom. The van der Waals surface area contributed by atoms with Crippen molar-refractivity contribution < 1.29 is 0 Å². The van der Waals surface area contributed by atoms with Crippen LogP contribution in [0.1, 0.15) is 314 Å². The summed E-state index contributed by atoms with van der Waals surface area (Å²) in [6, 6.07) is 2.28. The molecule has 1 radical (unpaired) electrons. The second kappa shape index (κ2) is 44.2. The molecule has 1 aromatic heterocycles. The van der Waals surface area contributed by atoms with Crippen LogP contribution in [0.3, 0.4) is 0 Å². The summed E-state index contributed by atoms with van der Waals surface area (Å²) in [7, 11) is 0. The van der Waals surface area contributed by atoms with Crippen molar-refractivity contribution in [3.05, 3.63) is 30.2 Å². The smallest absolute Gasteiger partial charge is 0.129 e. The molecule has 0 atom stereocenters. The molecule has 2 heteroatoms. The average Bonchev–Trinajstić information content (AvgIpc) is 3.18. The van der Waals surface area contributed by atoms with E-state index in [9.17, 15) is 0 Å². The number of hydrogen-bond acceptors (Lipinski definition) is 2. The molecule has 0 aliphatic rings. The van der Waals surface area contributed by atoms with Crippen LogP contribution >= 0.6 is 0 Å². The molecule has 55 heavy (non-hydrogen) atoms. The molecule has 2 nitrogen and oxygen atoms in total. The molecular weight excluding hydrogens is 665 g/mol. The second-order valence-corrected chi connectivity index (χ2v) is 18.1. The van der Waals surface area contributed by atoms with Crippen LogP contribution in [0.25, 0.3) is 0 Å². The molecule has 0 aliphatic heterocycles. The fourth-order valence-electron chi connectivity index (χ4n) is 8.70. The normalized spacial score (nSPS) is 11.6. The number of unbranched alkanes of at least 4 members (excludes halogenated alkanes) is 42. The molecule has 0 saturated carbocycles. The van der Waals surface area contributed by atoms with Gasteiger partial charge >= 0.3 is 0 Å². The summed E-state index contributed by atoms with van der Waals surface area (Å²) in [4.78, 5) is 9.35. The summed E-state index contributed by atoms with van der Waals surface area (Å²) in [5, 5.41) is 0. The van der Waals surface area contributed by atoms with Gasteiger partial charge in [-0.2, -0.15) is 0 Å². The molecular formula is C53H101N2. The summed E-state index contributed by atoms with van der Waals surface area (Å²) in [5.74, 6) is 0.727. The van der Waals surface area contributed by atoms with Gasteiger partial charge < -0.3 is 0 Å². The van der Waals surface area contributed by atoms with Crippen LogP contribution in [-0.2, 0) is 12.8 Å². The van der Waals surface area contributed by atoms with E-state index in [2.05, 4.69) is 36.8 Å². The third-order valence-electron chi connectivity index (χ3n) is 12.5. The molecule has 0 unspecified atom stereocenters. The maximum Gasteiger partial charge on any atom is 0.129 e. The van der Waals surface area contributed by atoms with E-state index in [4.69, 9.17) is 0 Å². The molecule has 0 N–H and O–H groups in total. The summed E-state index contributed by atoms with van der Waals surface area (Å²) in [6.07, 6.45) is 65.5. The van der Waals surface area contributed by atoms with Gasteiger partial charge in [-0.1, -0.05) is 284 Å². The highest BCUT2D eigenvalue weighted by Crippen LogP contribution is 2.18. The van der Waals surface area contributed by atoms with E-state index in [1.165, 1.54) is 294 Å². The van der Waals surface area contributed by atoms with Crippen molar-refractivity contribution in [2.45, 2.75) is 309 Å². The van der Waals surface area contributed by atoms with Crippen molar-refractivity contribution in [2.24, 2.45) is 0 Å². The average molecular weight is 766 g/mol. The predicted molar refractivity (Wildman–Crippen MR) is 248 cm³/mol. The van der Waals surface area contributed by atoms with Crippen molar-refractivity contribution in [2.75, 3.05) is 0 Å². The lowest BCUT2D eigenvalue weighted by Gasteiger charge is -2.07. The minimum Gasteiger partial charge on any atom is -0.238 e. The van der Waals surface area contributed by atoms with Crippen LogP contribution in [0.5, 0.6) is 0 Å². The van der Waals surface area contributed by atoms with E-state index in [-0.39, 0.29) is 0 Å². The number of hydrogen-bond donors (Lipinski definition) is 0. The molecule has 0 bridgehead atoms. The van der Waals surface area contributed by atoms with E-state index >= 15 is 0 Å². The van der Waals surface area contributed by atoms with Gasteiger partial charge in [0.05, 0.1) is 0 Å². The van der Waals surface area contributed by atoms with E-state index in [1.54, 1.807) is 0 Å². The lowest BCUT2D eigenvalue weighted by molar-refractivity contribution is 0.518. The second-order valence-electron chi connectivity index (χ2n) is 18.1. The highest BCUT2D eigenvalue weighted by atomic mass is 14.9. The van der Waals surface area contributed by atoms with Crippen molar-refractivity contribution in [3.63, 3.8) is 0 Å². The zero-order valence-corrected chi connectivity index (χ0v) is 38.2. The Kier molecular flexibility index (Phi) is 41.9. The van der Waals surface area contributed by atoms with Gasteiger partial charge in [-0.15, -0.1) is 0 Å². The molecule has 0 fully saturated rings. The van der Waals surface area contributed by atoms with Crippen LogP contribution in [0.15, 0.2) is 6.07 Å². The Labute approximate surface area is 348 Å². The van der Waals surface area contributed by atoms with Crippen LogP contribution in [0.2, 0.25) is 0 Å². The van der Waals surface area contributed by atoms with Gasteiger partial charge in [0, 0.05) is 18.3 Å². The first-order chi connectivity index (χ1) is 27.3. The quantitative estimate of drug-likeness (QED) is 0.0618. The minimum atomic E-state index is 0.727. The first-order valence-electron chi connectivity index (χ1n) is 25.9. The SMILES string of the molecule is [CH2]c1nc(CCCCCCCCCCCCCCCCCCCCCCCC)cc(CCCCCCCCCCCCCCCCCCCCCCCC)n1. The molecule has 0 aliphatic carbocycles. The molecule has 0 spiro atoms. The summed E-state index contributed by atoms with van der Waals surface area (Å²) < 4.78 is 0. The number of nitrogens with zero attached hydrogens (tertiary/aromatic N) is 2. The van der Waals surface area contributed by atoms with Crippen molar-refractivity contribution >= 4 is 0 Å². The van der Waals surface area contributed by atoms with Crippen molar-refractivity contribution in [1.29, 1.82) is 0 Å². The van der Waals surface area contributed by atoms with Gasteiger partial charge in [0.15, 0.2) is 0 Å². The van der Waals surface area contributed by atoms with Crippen molar-refractivity contribution in [1.82, 2.24) is 9.97 Å². The molecule has 0 amide bonds. The van der Waals surface area contributed by atoms with E-state index in [1.807, 2.05) is 0 Å². The summed E-state index contributed by atoms with van der Waals surface area (Å²) in [6.45, 7) is 8.71. The van der Waals surface area contributed by atoms with Gasteiger partial charge in [-0.05, 0) is 31.7 Å². The highest BCUT2D eigenvalue weighted by molar-refractivity contribution is 5.13. The first kappa shape index (κ1) is 52.1. The highest BCUT2D eigenvalue weighted by Gasteiger charge is 2.04. The van der Waals surface area contributed by atoms with Gasteiger partial charge in [-0.25, -0.2) is 9.97 Å². The lowest BCUT2D eigenvalue weighted by atomic mass is 10.0. The third-order valence-corrected chi connectivity index (χ3v) is 12.5. The summed E-state index contributed by atoms with van der Waals surface area (Å²) in [5.41, 5.74) is 2.45. The molecule has 0 aromatic carbocycles. The molecule has 1 rings (SSSR count). The standard InChI is InChI=1S/C53H101N2/c1-4-6-8-10-12-14-16-18-20-22-24-26-28-30-32-34-36-38-40-42-44-46-48-52-50-53(55-51(3)54-52)49-47-45-43-41-39-37-35-33-31-29-27-25-23-21-19-17-15-13-11-9-7-5-2/h50H,3-49H2,1-2H3.